The monoisotopic (exact) mass is 283 g/mol. The van der Waals surface area contributed by atoms with E-state index in [1.54, 1.807) is 0 Å². The van der Waals surface area contributed by atoms with Crippen molar-refractivity contribution in [1.82, 2.24) is 4.98 Å². The van der Waals surface area contributed by atoms with E-state index < -0.39 is 11.6 Å². The fourth-order valence-electron chi connectivity index (χ4n) is 2.57. The predicted octanol–water partition coefficient (Wildman–Crippen LogP) is 3.66. The molecule has 1 aliphatic heterocycles. The molecule has 20 heavy (non-hydrogen) atoms. The van der Waals surface area contributed by atoms with Crippen LogP contribution in [-0.4, -0.2) is 24.6 Å². The summed E-state index contributed by atoms with van der Waals surface area (Å²) in [4.78, 5) is 6.08. The summed E-state index contributed by atoms with van der Waals surface area (Å²) in [5.41, 5.74) is 0. The summed E-state index contributed by atoms with van der Waals surface area (Å²) in [6, 6.07) is 0.934. The van der Waals surface area contributed by atoms with Crippen LogP contribution in [0.3, 0.4) is 0 Å². The van der Waals surface area contributed by atoms with Crippen LogP contribution in [0.5, 0.6) is 0 Å². The molecule has 112 valence electrons. The van der Waals surface area contributed by atoms with E-state index in [0.717, 1.165) is 32.0 Å². The second-order valence-corrected chi connectivity index (χ2v) is 5.79. The zero-order chi connectivity index (χ0) is 14.7. The molecule has 5 heteroatoms. The third-order valence-corrected chi connectivity index (χ3v) is 3.92. The molecule has 0 bridgehead atoms. The van der Waals surface area contributed by atoms with Gasteiger partial charge in [0.15, 0.2) is 23.3 Å². The van der Waals surface area contributed by atoms with Crippen LogP contribution in [0.15, 0.2) is 6.07 Å². The van der Waals surface area contributed by atoms with E-state index in [0.29, 0.717) is 18.4 Å². The van der Waals surface area contributed by atoms with E-state index in [1.165, 1.54) is 0 Å². The smallest absolute Gasteiger partial charge is 0.168 e. The first kappa shape index (κ1) is 15.0. The van der Waals surface area contributed by atoms with Gasteiger partial charge >= 0.3 is 0 Å². The van der Waals surface area contributed by atoms with Crippen LogP contribution in [0, 0.1) is 23.5 Å². The summed E-state index contributed by atoms with van der Waals surface area (Å²) in [5, 5.41) is 2.91. The van der Waals surface area contributed by atoms with Gasteiger partial charge in [-0.1, -0.05) is 20.8 Å². The molecule has 1 N–H and O–H groups in total. The van der Waals surface area contributed by atoms with Crippen LogP contribution >= 0.6 is 0 Å². The molecular weight excluding hydrogens is 260 g/mol. The number of aromatic nitrogens is 1. The summed E-state index contributed by atoms with van der Waals surface area (Å²) >= 11 is 0. The Labute approximate surface area is 119 Å². The average molecular weight is 283 g/mol. The molecule has 1 unspecified atom stereocenters. The number of pyridine rings is 1. The van der Waals surface area contributed by atoms with Crippen LogP contribution in [0.25, 0.3) is 0 Å². The molecular formula is C15H23F2N3. The van der Waals surface area contributed by atoms with Gasteiger partial charge in [0.25, 0.3) is 0 Å². The quantitative estimate of drug-likeness (QED) is 0.893. The van der Waals surface area contributed by atoms with Crippen LogP contribution in [0.4, 0.5) is 20.4 Å². The van der Waals surface area contributed by atoms with Crippen molar-refractivity contribution >= 4 is 11.6 Å². The summed E-state index contributed by atoms with van der Waals surface area (Å²) in [7, 11) is 0. The number of nitrogens with one attached hydrogen (secondary N) is 1. The van der Waals surface area contributed by atoms with E-state index >= 15 is 0 Å². The van der Waals surface area contributed by atoms with Gasteiger partial charge in [-0.05, 0) is 24.7 Å². The molecule has 0 aliphatic carbocycles. The van der Waals surface area contributed by atoms with Gasteiger partial charge in [0, 0.05) is 25.7 Å². The zero-order valence-electron chi connectivity index (χ0n) is 12.4. The minimum Gasteiger partial charge on any atom is -0.368 e. The van der Waals surface area contributed by atoms with E-state index in [4.69, 9.17) is 0 Å². The molecule has 1 aromatic rings. The van der Waals surface area contributed by atoms with Crippen LogP contribution in [0.2, 0.25) is 0 Å². The minimum atomic E-state index is -0.626. The predicted molar refractivity (Wildman–Crippen MR) is 78.1 cm³/mol. The van der Waals surface area contributed by atoms with Gasteiger partial charge in [-0.2, -0.15) is 0 Å². The van der Waals surface area contributed by atoms with Gasteiger partial charge in [0.1, 0.15) is 0 Å². The number of rotatable bonds is 5. The Morgan fingerprint density at radius 3 is 2.75 bits per heavy atom. The second-order valence-electron chi connectivity index (χ2n) is 5.79. The van der Waals surface area contributed by atoms with Gasteiger partial charge in [0.05, 0.1) is 0 Å². The second kappa shape index (κ2) is 6.37. The molecule has 2 rings (SSSR count). The summed E-state index contributed by atoms with van der Waals surface area (Å²) < 4.78 is 27.6. The molecule has 1 aliphatic rings. The molecule has 1 aromatic heterocycles. The number of hydrogen-bond donors (Lipinski definition) is 1. The van der Waals surface area contributed by atoms with Crippen molar-refractivity contribution in [1.29, 1.82) is 0 Å². The molecule has 1 fully saturated rings. The first-order valence-electron chi connectivity index (χ1n) is 7.37. The summed E-state index contributed by atoms with van der Waals surface area (Å²) in [5.74, 6) is 0.340. The number of hydrogen-bond acceptors (Lipinski definition) is 3. The van der Waals surface area contributed by atoms with E-state index in [1.807, 2.05) is 11.8 Å². The number of anilines is 2. The molecule has 0 aromatic carbocycles. The van der Waals surface area contributed by atoms with Crippen molar-refractivity contribution in [3.05, 3.63) is 17.7 Å². The molecule has 0 radical (unpaired) electrons. The molecule has 1 saturated heterocycles. The average Bonchev–Trinajstić information content (AvgIpc) is 2.87. The zero-order valence-corrected chi connectivity index (χ0v) is 12.4. The van der Waals surface area contributed by atoms with E-state index in [2.05, 4.69) is 24.1 Å². The summed E-state index contributed by atoms with van der Waals surface area (Å²) in [6.45, 7) is 8.55. The lowest BCUT2D eigenvalue weighted by Crippen LogP contribution is -2.24. The van der Waals surface area contributed by atoms with Crippen molar-refractivity contribution in [3.8, 4) is 0 Å². The minimum absolute atomic E-state index is 0.149. The lowest BCUT2D eigenvalue weighted by atomic mass is 9.95. The van der Waals surface area contributed by atoms with Crippen molar-refractivity contribution in [2.24, 2.45) is 11.8 Å². The Morgan fingerprint density at radius 1 is 1.40 bits per heavy atom. The number of halogens is 2. The summed E-state index contributed by atoms with van der Waals surface area (Å²) in [6.07, 6.45) is 1.90. The fourth-order valence-corrected chi connectivity index (χ4v) is 2.57. The SMILES string of the molecule is CCCNc1nc(N2CCC(C(C)C)C2)c(F)cc1F. The maximum atomic E-state index is 14.0. The highest BCUT2D eigenvalue weighted by atomic mass is 19.1. The van der Waals surface area contributed by atoms with E-state index in [9.17, 15) is 8.78 Å². The Balaban J connectivity index is 2.19. The van der Waals surface area contributed by atoms with Crippen molar-refractivity contribution < 1.29 is 8.78 Å². The van der Waals surface area contributed by atoms with Gasteiger partial charge in [-0.3, -0.25) is 0 Å². The lowest BCUT2D eigenvalue weighted by Gasteiger charge is -2.20. The molecule has 2 heterocycles. The first-order chi connectivity index (χ1) is 9.52. The highest BCUT2D eigenvalue weighted by molar-refractivity contribution is 5.50. The largest absolute Gasteiger partial charge is 0.368 e. The van der Waals surface area contributed by atoms with Crippen LogP contribution < -0.4 is 10.2 Å². The van der Waals surface area contributed by atoms with Crippen molar-refractivity contribution in [3.63, 3.8) is 0 Å². The molecule has 0 saturated carbocycles. The van der Waals surface area contributed by atoms with Crippen LogP contribution in [-0.2, 0) is 0 Å². The Bertz CT molecular complexity index is 463. The topological polar surface area (TPSA) is 28.2 Å². The highest BCUT2D eigenvalue weighted by Crippen LogP contribution is 2.30. The highest BCUT2D eigenvalue weighted by Gasteiger charge is 2.28. The normalized spacial score (nSPS) is 18.9. The van der Waals surface area contributed by atoms with Gasteiger partial charge < -0.3 is 10.2 Å². The molecule has 3 nitrogen and oxygen atoms in total. The maximum Gasteiger partial charge on any atom is 0.168 e. The molecule has 0 amide bonds. The van der Waals surface area contributed by atoms with Gasteiger partial charge in [-0.25, -0.2) is 13.8 Å². The third kappa shape index (κ3) is 3.19. The number of nitrogens with zero attached hydrogens (tertiary/aromatic N) is 2. The molecule has 1 atom stereocenters. The standard InChI is InChI=1S/C15H23F2N3/c1-4-6-18-14-12(16)8-13(17)15(19-14)20-7-5-11(9-20)10(2)3/h8,10-11H,4-7,9H2,1-3H3,(H,18,19). The van der Waals surface area contributed by atoms with Gasteiger partial charge in [-0.15, -0.1) is 0 Å². The van der Waals surface area contributed by atoms with Gasteiger partial charge in [0.2, 0.25) is 0 Å². The fraction of sp³-hybridized carbons (Fsp3) is 0.667. The van der Waals surface area contributed by atoms with Crippen LogP contribution in [0.1, 0.15) is 33.6 Å². The Hall–Kier alpha value is -1.39. The molecule has 0 spiro atoms. The lowest BCUT2D eigenvalue weighted by molar-refractivity contribution is 0.422. The van der Waals surface area contributed by atoms with E-state index in [-0.39, 0.29) is 11.6 Å². The van der Waals surface area contributed by atoms with Crippen molar-refractivity contribution in [2.45, 2.75) is 33.6 Å². The Kier molecular flexibility index (Phi) is 4.78. The first-order valence-corrected chi connectivity index (χ1v) is 7.37. The Morgan fingerprint density at radius 2 is 2.15 bits per heavy atom. The maximum absolute atomic E-state index is 14.0. The third-order valence-electron chi connectivity index (χ3n) is 3.92. The van der Waals surface area contributed by atoms with Crippen molar-refractivity contribution in [2.75, 3.05) is 29.9 Å².